The van der Waals surface area contributed by atoms with Crippen LogP contribution < -0.4 is 10.1 Å². The van der Waals surface area contributed by atoms with Crippen molar-refractivity contribution in [2.75, 3.05) is 19.5 Å². The van der Waals surface area contributed by atoms with Crippen molar-refractivity contribution < 1.29 is 37.0 Å². The third-order valence-electron chi connectivity index (χ3n) is 2.31. The van der Waals surface area contributed by atoms with Crippen LogP contribution in [0, 0.1) is 0 Å². The molecule has 0 aliphatic rings. The Kier molecular flexibility index (Phi) is 6.43. The summed E-state index contributed by atoms with van der Waals surface area (Å²) in [6.45, 7) is 0. The van der Waals surface area contributed by atoms with Gasteiger partial charge < -0.3 is 19.5 Å². The molecule has 23 heavy (non-hydrogen) atoms. The monoisotopic (exact) mass is 397 g/mol. The predicted octanol–water partition coefficient (Wildman–Crippen LogP) is 2.99. The normalized spacial score (nSPS) is 11.7. The number of hydrogen-bond acceptors (Lipinski definition) is 6. The number of ether oxygens (including phenoxy) is 3. The molecule has 126 valence electrons. The van der Waals surface area contributed by atoms with Gasteiger partial charge in [-0.1, -0.05) is 0 Å². The highest BCUT2D eigenvalue weighted by atomic mass is 79.9. The largest absolute Gasteiger partial charge is 0.573 e. The minimum Gasteiger partial charge on any atom is -0.466 e. The second kappa shape index (κ2) is 7.86. The lowest BCUT2D eigenvalue weighted by Gasteiger charge is -2.13. The van der Waals surface area contributed by atoms with Gasteiger partial charge in [-0.15, -0.1) is 13.2 Å². The SMILES string of the molecule is COC(=O)/C=C(/Nc1cc(OC(F)(F)F)ccc1Br)C(=O)OC. The summed E-state index contributed by atoms with van der Waals surface area (Å²) in [4.78, 5) is 22.8. The topological polar surface area (TPSA) is 73.9 Å². The molecule has 1 rings (SSSR count). The fraction of sp³-hybridized carbons (Fsp3) is 0.231. The zero-order chi connectivity index (χ0) is 17.6. The number of alkyl halides is 3. The van der Waals surface area contributed by atoms with Crippen molar-refractivity contribution >= 4 is 33.6 Å². The minimum absolute atomic E-state index is 0.0484. The summed E-state index contributed by atoms with van der Waals surface area (Å²) >= 11 is 3.10. The maximum Gasteiger partial charge on any atom is 0.573 e. The Hall–Kier alpha value is -2.23. The number of halogens is 4. The van der Waals surface area contributed by atoms with Crippen molar-refractivity contribution in [2.45, 2.75) is 6.36 Å². The molecular formula is C13H11BrF3NO5. The number of carbonyl (C=O) groups is 2. The molecule has 0 saturated heterocycles. The molecule has 0 aliphatic heterocycles. The minimum atomic E-state index is -4.86. The summed E-state index contributed by atoms with van der Waals surface area (Å²) in [7, 11) is 2.18. The lowest BCUT2D eigenvalue weighted by molar-refractivity contribution is -0.274. The Balaban J connectivity index is 3.13. The van der Waals surface area contributed by atoms with E-state index in [1.807, 2.05) is 0 Å². The molecule has 0 spiro atoms. The Labute approximate surface area is 137 Å². The van der Waals surface area contributed by atoms with Gasteiger partial charge in [-0.3, -0.25) is 0 Å². The van der Waals surface area contributed by atoms with E-state index in [0.717, 1.165) is 32.4 Å². The molecule has 0 aromatic heterocycles. The van der Waals surface area contributed by atoms with E-state index in [9.17, 15) is 22.8 Å². The summed E-state index contributed by atoms with van der Waals surface area (Å²) in [6.07, 6.45) is -4.06. The average molecular weight is 398 g/mol. The summed E-state index contributed by atoms with van der Waals surface area (Å²) in [5.74, 6) is -2.27. The molecule has 1 N–H and O–H groups in total. The van der Waals surface area contributed by atoms with Crippen LogP contribution in [0.1, 0.15) is 0 Å². The van der Waals surface area contributed by atoms with Crippen molar-refractivity contribution in [3.63, 3.8) is 0 Å². The van der Waals surface area contributed by atoms with E-state index in [-0.39, 0.29) is 11.4 Å². The van der Waals surface area contributed by atoms with Crippen molar-refractivity contribution in [3.05, 3.63) is 34.4 Å². The standard InChI is InChI=1S/C13H11BrF3NO5/c1-21-11(19)6-10(12(20)22-2)18-9-5-7(3-4-8(9)14)23-13(15,16)17/h3-6,18H,1-2H3/b10-6+. The first-order valence-corrected chi connectivity index (χ1v) is 6.66. The lowest BCUT2D eigenvalue weighted by Crippen LogP contribution is -2.18. The quantitative estimate of drug-likeness (QED) is 0.608. The van der Waals surface area contributed by atoms with Crippen LogP contribution >= 0.6 is 15.9 Å². The van der Waals surface area contributed by atoms with E-state index in [2.05, 4.69) is 35.5 Å². The molecular weight excluding hydrogens is 387 g/mol. The van der Waals surface area contributed by atoms with Crippen LogP contribution in [0.2, 0.25) is 0 Å². The highest BCUT2D eigenvalue weighted by molar-refractivity contribution is 9.10. The molecule has 0 atom stereocenters. The molecule has 6 nitrogen and oxygen atoms in total. The number of hydrogen-bond donors (Lipinski definition) is 1. The van der Waals surface area contributed by atoms with E-state index in [0.29, 0.717) is 4.47 Å². The van der Waals surface area contributed by atoms with Gasteiger partial charge in [-0.05, 0) is 28.1 Å². The van der Waals surface area contributed by atoms with E-state index >= 15 is 0 Å². The van der Waals surface area contributed by atoms with Crippen LogP contribution in [0.25, 0.3) is 0 Å². The van der Waals surface area contributed by atoms with Gasteiger partial charge in [0, 0.05) is 10.5 Å². The molecule has 0 fully saturated rings. The van der Waals surface area contributed by atoms with Gasteiger partial charge in [0.2, 0.25) is 0 Å². The third kappa shape index (κ3) is 6.19. The number of methoxy groups -OCH3 is 2. The van der Waals surface area contributed by atoms with Gasteiger partial charge in [-0.2, -0.15) is 0 Å². The number of esters is 2. The zero-order valence-electron chi connectivity index (χ0n) is 11.9. The maximum atomic E-state index is 12.2. The zero-order valence-corrected chi connectivity index (χ0v) is 13.4. The van der Waals surface area contributed by atoms with Crippen molar-refractivity contribution in [1.29, 1.82) is 0 Å². The smallest absolute Gasteiger partial charge is 0.466 e. The molecule has 1 aromatic rings. The van der Waals surface area contributed by atoms with Gasteiger partial charge >= 0.3 is 18.3 Å². The lowest BCUT2D eigenvalue weighted by atomic mass is 10.2. The number of anilines is 1. The molecule has 0 amide bonds. The van der Waals surface area contributed by atoms with Gasteiger partial charge in [0.25, 0.3) is 0 Å². The van der Waals surface area contributed by atoms with Crippen LogP contribution in [0.4, 0.5) is 18.9 Å². The highest BCUT2D eigenvalue weighted by Crippen LogP contribution is 2.31. The van der Waals surface area contributed by atoms with Crippen LogP contribution in [-0.4, -0.2) is 32.5 Å². The molecule has 10 heteroatoms. The van der Waals surface area contributed by atoms with Gasteiger partial charge in [0.1, 0.15) is 11.4 Å². The number of carbonyl (C=O) groups excluding carboxylic acids is 2. The molecule has 0 aliphatic carbocycles. The van der Waals surface area contributed by atoms with Crippen LogP contribution in [0.3, 0.4) is 0 Å². The second-order valence-corrected chi connectivity index (χ2v) is 4.74. The number of rotatable bonds is 5. The second-order valence-electron chi connectivity index (χ2n) is 3.89. The van der Waals surface area contributed by atoms with Crippen LogP contribution in [0.5, 0.6) is 5.75 Å². The van der Waals surface area contributed by atoms with E-state index in [4.69, 9.17) is 0 Å². The van der Waals surface area contributed by atoms with Crippen molar-refractivity contribution in [3.8, 4) is 5.75 Å². The van der Waals surface area contributed by atoms with Crippen LogP contribution in [-0.2, 0) is 19.1 Å². The summed E-state index contributed by atoms with van der Waals surface area (Å²) in [5, 5.41) is 2.48. The average Bonchev–Trinajstić information content (AvgIpc) is 2.47. The highest BCUT2D eigenvalue weighted by Gasteiger charge is 2.31. The Morgan fingerprint density at radius 3 is 2.39 bits per heavy atom. The number of nitrogens with one attached hydrogen (secondary N) is 1. The molecule has 0 saturated carbocycles. The van der Waals surface area contributed by atoms with Crippen molar-refractivity contribution in [1.82, 2.24) is 0 Å². The Bertz CT molecular complexity index is 631. The summed E-state index contributed by atoms with van der Waals surface area (Å²) in [5.41, 5.74) is -0.281. The first-order valence-electron chi connectivity index (χ1n) is 5.86. The first kappa shape index (κ1) is 18.8. The van der Waals surface area contributed by atoms with Gasteiger partial charge in [-0.25, -0.2) is 9.59 Å². The molecule has 1 aromatic carbocycles. The fourth-order valence-electron chi connectivity index (χ4n) is 1.38. The maximum absolute atomic E-state index is 12.2. The molecule has 0 heterocycles. The summed E-state index contributed by atoms with van der Waals surface area (Å²) < 4.78 is 49.7. The Morgan fingerprint density at radius 1 is 1.22 bits per heavy atom. The van der Waals surface area contributed by atoms with E-state index in [1.54, 1.807) is 0 Å². The Morgan fingerprint density at radius 2 is 1.87 bits per heavy atom. The van der Waals surface area contributed by atoms with E-state index < -0.39 is 24.1 Å². The van der Waals surface area contributed by atoms with Crippen LogP contribution in [0.15, 0.2) is 34.4 Å². The van der Waals surface area contributed by atoms with Gasteiger partial charge in [0.15, 0.2) is 0 Å². The first-order chi connectivity index (χ1) is 10.7. The number of benzene rings is 1. The molecule has 0 radical (unpaired) electrons. The fourth-order valence-corrected chi connectivity index (χ4v) is 1.72. The van der Waals surface area contributed by atoms with Gasteiger partial charge in [0.05, 0.1) is 26.0 Å². The summed E-state index contributed by atoms with van der Waals surface area (Å²) in [6, 6.07) is 3.34. The van der Waals surface area contributed by atoms with Crippen molar-refractivity contribution in [2.24, 2.45) is 0 Å². The predicted molar refractivity (Wildman–Crippen MR) is 76.6 cm³/mol. The van der Waals surface area contributed by atoms with E-state index in [1.165, 1.54) is 6.07 Å². The third-order valence-corrected chi connectivity index (χ3v) is 3.00. The molecule has 0 bridgehead atoms. The molecule has 0 unspecified atom stereocenters.